The Balaban J connectivity index is 2.52. The minimum absolute atomic E-state index is 0.275. The third kappa shape index (κ3) is 2.73. The van der Waals surface area contributed by atoms with Crippen LogP contribution in [0.15, 0.2) is 34.8 Å². The standard InChI is InChI=1S/C15H16BrFN2/c1-9-6-13(18)15(7-10(9)2)19(3)14-8-11(16)4-5-12(14)17/h4-8H,18H2,1-3H3. The SMILES string of the molecule is Cc1cc(N)c(N(C)c2cc(Br)ccc2F)cc1C. The van der Waals surface area contributed by atoms with Crippen LogP contribution in [0.2, 0.25) is 0 Å². The van der Waals surface area contributed by atoms with Crippen molar-refractivity contribution in [3.63, 3.8) is 0 Å². The number of aryl methyl sites for hydroxylation is 2. The van der Waals surface area contributed by atoms with Crippen molar-refractivity contribution >= 4 is 33.0 Å². The first-order chi connectivity index (χ1) is 8.90. The Bertz CT molecular complexity index is 626. The molecule has 0 amide bonds. The second-order valence-corrected chi connectivity index (χ2v) is 5.57. The van der Waals surface area contributed by atoms with E-state index in [1.807, 2.05) is 33.0 Å². The highest BCUT2D eigenvalue weighted by Gasteiger charge is 2.13. The van der Waals surface area contributed by atoms with Gasteiger partial charge >= 0.3 is 0 Å². The predicted molar refractivity (Wildman–Crippen MR) is 82.5 cm³/mol. The van der Waals surface area contributed by atoms with Gasteiger partial charge in [0.1, 0.15) is 5.82 Å². The molecule has 0 aliphatic rings. The van der Waals surface area contributed by atoms with Crippen molar-refractivity contribution in [2.24, 2.45) is 0 Å². The monoisotopic (exact) mass is 322 g/mol. The average Bonchev–Trinajstić information content (AvgIpc) is 2.36. The second kappa shape index (κ2) is 5.21. The van der Waals surface area contributed by atoms with Crippen LogP contribution in [0.4, 0.5) is 21.5 Å². The van der Waals surface area contributed by atoms with E-state index in [-0.39, 0.29) is 5.82 Å². The molecule has 0 saturated heterocycles. The molecule has 2 aromatic rings. The lowest BCUT2D eigenvalue weighted by Crippen LogP contribution is -2.13. The molecule has 0 unspecified atom stereocenters. The Morgan fingerprint density at radius 1 is 1.05 bits per heavy atom. The molecule has 0 aromatic heterocycles. The van der Waals surface area contributed by atoms with Crippen LogP contribution in [0.5, 0.6) is 0 Å². The topological polar surface area (TPSA) is 29.3 Å². The molecule has 0 radical (unpaired) electrons. The first-order valence-corrected chi connectivity index (χ1v) is 6.75. The van der Waals surface area contributed by atoms with Gasteiger partial charge in [-0.2, -0.15) is 0 Å². The highest BCUT2D eigenvalue weighted by Crippen LogP contribution is 2.33. The van der Waals surface area contributed by atoms with E-state index in [0.29, 0.717) is 11.4 Å². The van der Waals surface area contributed by atoms with Crippen LogP contribution in [0, 0.1) is 19.7 Å². The predicted octanol–water partition coefficient (Wildman–Crippen LogP) is 4.56. The summed E-state index contributed by atoms with van der Waals surface area (Å²) in [4.78, 5) is 1.77. The van der Waals surface area contributed by atoms with Crippen LogP contribution in [-0.2, 0) is 0 Å². The van der Waals surface area contributed by atoms with Crippen LogP contribution in [0.3, 0.4) is 0 Å². The maximum absolute atomic E-state index is 13.9. The van der Waals surface area contributed by atoms with Crippen molar-refractivity contribution in [3.8, 4) is 0 Å². The van der Waals surface area contributed by atoms with E-state index < -0.39 is 0 Å². The Morgan fingerprint density at radius 2 is 1.68 bits per heavy atom. The summed E-state index contributed by atoms with van der Waals surface area (Å²) in [6.45, 7) is 4.03. The van der Waals surface area contributed by atoms with E-state index in [4.69, 9.17) is 5.73 Å². The summed E-state index contributed by atoms with van der Waals surface area (Å²) in [6.07, 6.45) is 0. The molecule has 0 heterocycles. The fourth-order valence-corrected chi connectivity index (χ4v) is 2.34. The van der Waals surface area contributed by atoms with Gasteiger partial charge in [0.2, 0.25) is 0 Å². The molecular weight excluding hydrogens is 307 g/mol. The van der Waals surface area contributed by atoms with E-state index in [2.05, 4.69) is 15.9 Å². The van der Waals surface area contributed by atoms with Crippen molar-refractivity contribution in [3.05, 3.63) is 51.7 Å². The van der Waals surface area contributed by atoms with E-state index in [1.165, 1.54) is 6.07 Å². The molecule has 0 bridgehead atoms. The van der Waals surface area contributed by atoms with Gasteiger partial charge in [-0.25, -0.2) is 4.39 Å². The Labute approximate surface area is 121 Å². The highest BCUT2D eigenvalue weighted by molar-refractivity contribution is 9.10. The van der Waals surface area contributed by atoms with Gasteiger partial charge in [0.15, 0.2) is 0 Å². The van der Waals surface area contributed by atoms with Crippen LogP contribution in [-0.4, -0.2) is 7.05 Å². The molecule has 2 nitrogen and oxygen atoms in total. The summed E-state index contributed by atoms with van der Waals surface area (Å²) in [6, 6.07) is 8.75. The summed E-state index contributed by atoms with van der Waals surface area (Å²) in [5, 5.41) is 0. The molecular formula is C15H16BrFN2. The molecule has 0 saturated carbocycles. The third-order valence-electron chi connectivity index (χ3n) is 3.27. The van der Waals surface area contributed by atoms with Gasteiger partial charge in [-0.1, -0.05) is 15.9 Å². The summed E-state index contributed by atoms with van der Waals surface area (Å²) >= 11 is 3.36. The lowest BCUT2D eigenvalue weighted by molar-refractivity contribution is 0.627. The van der Waals surface area contributed by atoms with Gasteiger partial charge < -0.3 is 10.6 Å². The Morgan fingerprint density at radius 3 is 2.37 bits per heavy atom. The lowest BCUT2D eigenvalue weighted by atomic mass is 10.1. The number of halogens is 2. The normalized spacial score (nSPS) is 10.6. The van der Waals surface area contributed by atoms with Gasteiger partial charge in [0.05, 0.1) is 17.1 Å². The lowest BCUT2D eigenvalue weighted by Gasteiger charge is -2.23. The smallest absolute Gasteiger partial charge is 0.146 e. The van der Waals surface area contributed by atoms with Crippen molar-refractivity contribution in [2.45, 2.75) is 13.8 Å². The number of benzene rings is 2. The van der Waals surface area contributed by atoms with E-state index in [9.17, 15) is 4.39 Å². The van der Waals surface area contributed by atoms with Gasteiger partial charge in [-0.3, -0.25) is 0 Å². The zero-order valence-electron chi connectivity index (χ0n) is 11.2. The number of rotatable bonds is 2. The quantitative estimate of drug-likeness (QED) is 0.821. The molecule has 2 N–H and O–H groups in total. The molecule has 19 heavy (non-hydrogen) atoms. The van der Waals surface area contributed by atoms with Crippen LogP contribution >= 0.6 is 15.9 Å². The molecule has 0 aliphatic carbocycles. The number of hydrogen-bond acceptors (Lipinski definition) is 2. The molecule has 0 atom stereocenters. The molecule has 2 rings (SSSR count). The average molecular weight is 323 g/mol. The number of nitrogen functional groups attached to an aromatic ring is 1. The zero-order chi connectivity index (χ0) is 14.2. The van der Waals surface area contributed by atoms with Crippen molar-refractivity contribution in [2.75, 3.05) is 17.7 Å². The number of hydrogen-bond donors (Lipinski definition) is 1. The van der Waals surface area contributed by atoms with E-state index in [1.54, 1.807) is 17.0 Å². The van der Waals surface area contributed by atoms with Crippen LogP contribution in [0.1, 0.15) is 11.1 Å². The number of nitrogens with zero attached hydrogens (tertiary/aromatic N) is 1. The first-order valence-electron chi connectivity index (χ1n) is 5.95. The first kappa shape index (κ1) is 13.9. The second-order valence-electron chi connectivity index (χ2n) is 4.65. The maximum Gasteiger partial charge on any atom is 0.146 e. The molecule has 0 aliphatic heterocycles. The summed E-state index contributed by atoms with van der Waals surface area (Å²) in [5.74, 6) is -0.275. The van der Waals surface area contributed by atoms with Crippen molar-refractivity contribution < 1.29 is 4.39 Å². The van der Waals surface area contributed by atoms with Gasteiger partial charge in [-0.15, -0.1) is 0 Å². The van der Waals surface area contributed by atoms with E-state index in [0.717, 1.165) is 21.3 Å². The summed E-state index contributed by atoms with van der Waals surface area (Å²) < 4.78 is 14.7. The summed E-state index contributed by atoms with van der Waals surface area (Å²) in [5.41, 5.74) is 10.2. The fraction of sp³-hybridized carbons (Fsp3) is 0.200. The largest absolute Gasteiger partial charge is 0.397 e. The number of anilines is 3. The van der Waals surface area contributed by atoms with Crippen molar-refractivity contribution in [1.82, 2.24) is 0 Å². The molecule has 0 fully saturated rings. The highest BCUT2D eigenvalue weighted by atomic mass is 79.9. The molecule has 100 valence electrons. The van der Waals surface area contributed by atoms with Gasteiger partial charge in [0.25, 0.3) is 0 Å². The third-order valence-corrected chi connectivity index (χ3v) is 3.77. The van der Waals surface area contributed by atoms with Crippen molar-refractivity contribution in [1.29, 1.82) is 0 Å². The minimum atomic E-state index is -0.275. The van der Waals surface area contributed by atoms with Gasteiger partial charge in [0, 0.05) is 11.5 Å². The fourth-order valence-electron chi connectivity index (χ4n) is 1.99. The number of nitrogens with two attached hydrogens (primary N) is 1. The van der Waals surface area contributed by atoms with Gasteiger partial charge in [-0.05, 0) is 55.3 Å². The Kier molecular flexibility index (Phi) is 3.80. The van der Waals surface area contributed by atoms with Crippen LogP contribution in [0.25, 0.3) is 0 Å². The maximum atomic E-state index is 13.9. The molecule has 0 spiro atoms. The van der Waals surface area contributed by atoms with E-state index >= 15 is 0 Å². The van der Waals surface area contributed by atoms with Crippen LogP contribution < -0.4 is 10.6 Å². The molecule has 2 aromatic carbocycles. The Hall–Kier alpha value is -1.55. The summed E-state index contributed by atoms with van der Waals surface area (Å²) in [7, 11) is 1.81. The minimum Gasteiger partial charge on any atom is -0.397 e. The molecule has 4 heteroatoms. The zero-order valence-corrected chi connectivity index (χ0v) is 12.8.